The molecule has 3 aromatic rings. The lowest BCUT2D eigenvalue weighted by Crippen LogP contribution is -2.00. The zero-order valence-corrected chi connectivity index (χ0v) is 13.3. The topological polar surface area (TPSA) is 30.7 Å². The molecule has 0 saturated heterocycles. The van der Waals surface area contributed by atoms with Crippen molar-refractivity contribution >= 4 is 11.8 Å². The molecule has 0 atom stereocenters. The first-order valence-corrected chi connectivity index (χ1v) is 8.24. The lowest BCUT2D eigenvalue weighted by Gasteiger charge is -2.08. The Morgan fingerprint density at radius 3 is 2.52 bits per heavy atom. The van der Waals surface area contributed by atoms with Gasteiger partial charge in [0, 0.05) is 17.9 Å². The third-order valence-electron chi connectivity index (χ3n) is 3.38. The third kappa shape index (κ3) is 3.51. The molecular weight excluding hydrogens is 309 g/mol. The third-order valence-corrected chi connectivity index (χ3v) is 4.39. The molecule has 0 amide bonds. The summed E-state index contributed by atoms with van der Waals surface area (Å²) in [5.41, 5.74) is 1.66. The van der Waals surface area contributed by atoms with Crippen molar-refractivity contribution in [1.29, 1.82) is 0 Å². The van der Waals surface area contributed by atoms with E-state index in [9.17, 15) is 4.39 Å². The van der Waals surface area contributed by atoms with Gasteiger partial charge in [-0.1, -0.05) is 66.4 Å². The zero-order chi connectivity index (χ0) is 16.1. The van der Waals surface area contributed by atoms with E-state index in [4.69, 9.17) is 0 Å². The van der Waals surface area contributed by atoms with Crippen LogP contribution in [0.25, 0.3) is 11.4 Å². The average Bonchev–Trinajstić information content (AvgIpc) is 2.98. The fourth-order valence-electron chi connectivity index (χ4n) is 2.25. The number of aromatic nitrogens is 3. The molecule has 0 bridgehead atoms. The van der Waals surface area contributed by atoms with Gasteiger partial charge in [0.05, 0.1) is 0 Å². The minimum atomic E-state index is -0.196. The van der Waals surface area contributed by atoms with Gasteiger partial charge in [-0.3, -0.25) is 4.57 Å². The zero-order valence-electron chi connectivity index (χ0n) is 12.5. The molecule has 3 nitrogen and oxygen atoms in total. The molecule has 0 aliphatic rings. The summed E-state index contributed by atoms with van der Waals surface area (Å²) < 4.78 is 15.7. The highest BCUT2D eigenvalue weighted by atomic mass is 32.2. The SMILES string of the molecule is C=CCn1c(SCc2ccccc2F)nnc1-c1ccccc1. The molecule has 0 radical (unpaired) electrons. The predicted octanol–water partition coefficient (Wildman–Crippen LogP) is 4.56. The molecule has 0 N–H and O–H groups in total. The van der Waals surface area contributed by atoms with E-state index in [1.165, 1.54) is 17.8 Å². The van der Waals surface area contributed by atoms with Gasteiger partial charge < -0.3 is 0 Å². The minimum absolute atomic E-state index is 0.196. The van der Waals surface area contributed by atoms with Gasteiger partial charge in [0.2, 0.25) is 0 Å². The normalized spacial score (nSPS) is 10.7. The number of nitrogens with zero attached hydrogens (tertiary/aromatic N) is 3. The smallest absolute Gasteiger partial charge is 0.192 e. The lowest BCUT2D eigenvalue weighted by atomic mass is 10.2. The number of halogens is 1. The molecule has 0 saturated carbocycles. The lowest BCUT2D eigenvalue weighted by molar-refractivity contribution is 0.617. The van der Waals surface area contributed by atoms with Crippen LogP contribution in [0.2, 0.25) is 0 Å². The van der Waals surface area contributed by atoms with Crippen molar-refractivity contribution in [2.75, 3.05) is 0 Å². The Kier molecular flexibility index (Phi) is 4.88. The molecule has 5 heteroatoms. The van der Waals surface area contributed by atoms with E-state index in [2.05, 4.69) is 16.8 Å². The van der Waals surface area contributed by atoms with Crippen molar-refractivity contribution in [2.45, 2.75) is 17.5 Å². The van der Waals surface area contributed by atoms with E-state index in [-0.39, 0.29) is 5.82 Å². The van der Waals surface area contributed by atoms with Crippen LogP contribution in [0.15, 0.2) is 72.4 Å². The second-order valence-electron chi connectivity index (χ2n) is 4.95. The number of allylic oxidation sites excluding steroid dienone is 1. The van der Waals surface area contributed by atoms with Crippen molar-refractivity contribution in [3.05, 3.63) is 78.6 Å². The number of benzene rings is 2. The molecule has 3 rings (SSSR count). The Labute approximate surface area is 138 Å². The van der Waals surface area contributed by atoms with Crippen molar-refractivity contribution in [1.82, 2.24) is 14.8 Å². The van der Waals surface area contributed by atoms with Gasteiger partial charge in [0.1, 0.15) is 5.82 Å². The molecular formula is C18H16FN3S. The fourth-order valence-corrected chi connectivity index (χ4v) is 3.18. The van der Waals surface area contributed by atoms with Crippen LogP contribution in [0.5, 0.6) is 0 Å². The summed E-state index contributed by atoms with van der Waals surface area (Å²) in [6.45, 7) is 4.41. The molecule has 0 aliphatic heterocycles. The molecule has 2 aromatic carbocycles. The van der Waals surface area contributed by atoms with Gasteiger partial charge in [0.15, 0.2) is 11.0 Å². The van der Waals surface area contributed by atoms with E-state index in [0.717, 1.165) is 16.5 Å². The maximum absolute atomic E-state index is 13.7. The van der Waals surface area contributed by atoms with Gasteiger partial charge in [-0.25, -0.2) is 4.39 Å². The van der Waals surface area contributed by atoms with E-state index >= 15 is 0 Å². The Bertz CT molecular complexity index is 799. The second-order valence-corrected chi connectivity index (χ2v) is 5.89. The average molecular weight is 325 g/mol. The first-order chi connectivity index (χ1) is 11.3. The number of rotatable bonds is 6. The summed E-state index contributed by atoms with van der Waals surface area (Å²) in [7, 11) is 0. The van der Waals surface area contributed by atoms with Crippen LogP contribution in [-0.4, -0.2) is 14.8 Å². The van der Waals surface area contributed by atoms with Crippen LogP contribution < -0.4 is 0 Å². The number of hydrogen-bond acceptors (Lipinski definition) is 3. The first kappa shape index (κ1) is 15.5. The monoisotopic (exact) mass is 325 g/mol. The van der Waals surface area contributed by atoms with Crippen LogP contribution in [0.3, 0.4) is 0 Å². The summed E-state index contributed by atoms with van der Waals surface area (Å²) >= 11 is 1.47. The Morgan fingerprint density at radius 2 is 1.78 bits per heavy atom. The maximum Gasteiger partial charge on any atom is 0.192 e. The molecule has 0 aliphatic carbocycles. The second kappa shape index (κ2) is 7.24. The fraction of sp³-hybridized carbons (Fsp3) is 0.111. The van der Waals surface area contributed by atoms with Crippen molar-refractivity contribution < 1.29 is 4.39 Å². The summed E-state index contributed by atoms with van der Waals surface area (Å²) in [5, 5.41) is 9.31. The van der Waals surface area contributed by atoms with Crippen LogP contribution >= 0.6 is 11.8 Å². The Morgan fingerprint density at radius 1 is 1.04 bits per heavy atom. The summed E-state index contributed by atoms with van der Waals surface area (Å²) in [6, 6.07) is 16.7. The van der Waals surface area contributed by atoms with Crippen LogP contribution in [0.4, 0.5) is 4.39 Å². The maximum atomic E-state index is 13.7. The van der Waals surface area contributed by atoms with Gasteiger partial charge in [0.25, 0.3) is 0 Å². The summed E-state index contributed by atoms with van der Waals surface area (Å²) in [5.74, 6) is 1.11. The molecule has 1 aromatic heterocycles. The summed E-state index contributed by atoms with van der Waals surface area (Å²) in [4.78, 5) is 0. The first-order valence-electron chi connectivity index (χ1n) is 7.25. The van der Waals surface area contributed by atoms with Crippen molar-refractivity contribution in [3.8, 4) is 11.4 Å². The highest BCUT2D eigenvalue weighted by Gasteiger charge is 2.14. The number of hydrogen-bond donors (Lipinski definition) is 0. The minimum Gasteiger partial charge on any atom is -0.298 e. The molecule has 0 fully saturated rings. The van der Waals surface area contributed by atoms with Crippen molar-refractivity contribution in [2.24, 2.45) is 0 Å². The molecule has 116 valence electrons. The highest BCUT2D eigenvalue weighted by molar-refractivity contribution is 7.98. The Balaban J connectivity index is 1.86. The molecule has 0 unspecified atom stereocenters. The van der Waals surface area contributed by atoms with Crippen LogP contribution in [0, 0.1) is 5.82 Å². The number of thioether (sulfide) groups is 1. The van der Waals surface area contributed by atoms with E-state index in [0.29, 0.717) is 17.9 Å². The summed E-state index contributed by atoms with van der Waals surface area (Å²) in [6.07, 6.45) is 1.81. The van der Waals surface area contributed by atoms with E-state index in [1.54, 1.807) is 12.1 Å². The van der Waals surface area contributed by atoms with Crippen molar-refractivity contribution in [3.63, 3.8) is 0 Å². The predicted molar refractivity (Wildman–Crippen MR) is 91.6 cm³/mol. The molecule has 23 heavy (non-hydrogen) atoms. The largest absolute Gasteiger partial charge is 0.298 e. The standard InChI is InChI=1S/C18H16FN3S/c1-2-12-22-17(14-8-4-3-5-9-14)20-21-18(22)23-13-15-10-6-7-11-16(15)19/h2-11H,1,12-13H2. The van der Waals surface area contributed by atoms with Crippen LogP contribution in [-0.2, 0) is 12.3 Å². The van der Waals surface area contributed by atoms with Gasteiger partial charge in [-0.15, -0.1) is 16.8 Å². The molecule has 0 spiro atoms. The Hall–Kier alpha value is -2.40. The molecule has 1 heterocycles. The highest BCUT2D eigenvalue weighted by Crippen LogP contribution is 2.27. The quantitative estimate of drug-likeness (QED) is 0.491. The van der Waals surface area contributed by atoms with E-state index < -0.39 is 0 Å². The van der Waals surface area contributed by atoms with E-state index in [1.807, 2.05) is 47.0 Å². The van der Waals surface area contributed by atoms with Gasteiger partial charge in [-0.2, -0.15) is 0 Å². The van der Waals surface area contributed by atoms with Gasteiger partial charge in [-0.05, 0) is 11.6 Å². The van der Waals surface area contributed by atoms with Crippen LogP contribution in [0.1, 0.15) is 5.56 Å². The van der Waals surface area contributed by atoms with Gasteiger partial charge >= 0.3 is 0 Å².